The van der Waals surface area contributed by atoms with Crippen LogP contribution >= 0.6 is 27.5 Å². The topological polar surface area (TPSA) is 75.2 Å². The summed E-state index contributed by atoms with van der Waals surface area (Å²) in [6.45, 7) is 7.50. The molecular weight excluding hydrogens is 579 g/mol. The van der Waals surface area contributed by atoms with E-state index in [2.05, 4.69) is 32.9 Å². The lowest BCUT2D eigenvalue weighted by Gasteiger charge is -2.39. The Bertz CT molecular complexity index is 1310. The third-order valence-corrected chi connectivity index (χ3v) is 9.24. The van der Waals surface area contributed by atoms with Crippen molar-refractivity contribution in [3.05, 3.63) is 26.9 Å². The number of carbonyl (C=O) groups excluding carboxylic acids is 2. The predicted octanol–water partition coefficient (Wildman–Crippen LogP) is 5.51. The number of hydrogen-bond acceptors (Lipinski definition) is 6. The molecule has 0 aliphatic carbocycles. The lowest BCUT2D eigenvalue weighted by Crippen LogP contribution is -2.50. The van der Waals surface area contributed by atoms with Crippen LogP contribution < -0.4 is 9.64 Å². The molecule has 2 saturated heterocycles. The van der Waals surface area contributed by atoms with Crippen molar-refractivity contribution < 1.29 is 23.5 Å². The maximum absolute atomic E-state index is 15.6. The van der Waals surface area contributed by atoms with E-state index in [0.29, 0.717) is 49.2 Å². The lowest BCUT2D eigenvalue weighted by atomic mass is 9.72. The Hall–Kier alpha value is -2.17. The minimum Gasteiger partial charge on any atom is -0.474 e. The van der Waals surface area contributed by atoms with Crippen molar-refractivity contribution in [2.24, 2.45) is 0 Å². The Morgan fingerprint density at radius 2 is 1.95 bits per heavy atom. The third-order valence-electron chi connectivity index (χ3n) is 7.94. The number of amides is 2. The number of hydrogen-bond donors (Lipinski definition) is 0. The van der Waals surface area contributed by atoms with Gasteiger partial charge >= 0.3 is 6.09 Å². The van der Waals surface area contributed by atoms with E-state index >= 15 is 4.39 Å². The molecule has 8 nitrogen and oxygen atoms in total. The van der Waals surface area contributed by atoms with Gasteiger partial charge in [0.05, 0.1) is 14.9 Å². The smallest absolute Gasteiger partial charge is 0.410 e. The van der Waals surface area contributed by atoms with Gasteiger partial charge in [-0.15, -0.1) is 0 Å². The second-order valence-corrected chi connectivity index (χ2v) is 12.7. The fraction of sp³-hybridized carbons (Fsp3) is 0.593. The highest BCUT2D eigenvalue weighted by Gasteiger charge is 2.54. The number of fused-ring (bicyclic) bond motifs is 4. The van der Waals surface area contributed by atoms with Crippen LogP contribution in [0.25, 0.3) is 10.9 Å². The molecule has 11 heteroatoms. The summed E-state index contributed by atoms with van der Waals surface area (Å²) >= 11 is 9.64. The van der Waals surface area contributed by atoms with Crippen LogP contribution in [-0.2, 0) is 14.9 Å². The summed E-state index contributed by atoms with van der Waals surface area (Å²) in [6.07, 6.45) is 2.40. The van der Waals surface area contributed by atoms with Crippen molar-refractivity contribution >= 4 is 56.1 Å². The van der Waals surface area contributed by atoms with Gasteiger partial charge < -0.3 is 24.2 Å². The number of carbonyl (C=O) groups is 2. The minimum atomic E-state index is -0.963. The molecule has 5 rings (SSSR count). The highest BCUT2D eigenvalue weighted by molar-refractivity contribution is 9.10. The van der Waals surface area contributed by atoms with E-state index in [1.807, 2.05) is 20.8 Å². The molecule has 3 aliphatic rings. The Morgan fingerprint density at radius 3 is 2.55 bits per heavy atom. The molecule has 0 radical (unpaired) electrons. The first-order chi connectivity index (χ1) is 17.8. The highest BCUT2D eigenvalue weighted by atomic mass is 79.9. The second-order valence-electron chi connectivity index (χ2n) is 11.5. The zero-order valence-electron chi connectivity index (χ0n) is 22.4. The zero-order chi connectivity index (χ0) is 27.6. The van der Waals surface area contributed by atoms with E-state index in [9.17, 15) is 9.59 Å². The molecule has 1 atom stereocenters. The maximum atomic E-state index is 15.6. The summed E-state index contributed by atoms with van der Waals surface area (Å²) in [5.74, 6) is -0.474. The largest absolute Gasteiger partial charge is 0.474 e. The Labute approximate surface area is 235 Å². The second kappa shape index (κ2) is 9.78. The Morgan fingerprint density at radius 1 is 1.26 bits per heavy atom. The number of halogens is 3. The van der Waals surface area contributed by atoms with Gasteiger partial charge in [-0.2, -0.15) is 0 Å². The number of likely N-dealkylation sites (tertiary alicyclic amines) is 2. The molecule has 4 heterocycles. The minimum absolute atomic E-state index is 0.104. The molecule has 38 heavy (non-hydrogen) atoms. The van der Waals surface area contributed by atoms with Crippen molar-refractivity contribution in [2.75, 3.05) is 45.2 Å². The van der Waals surface area contributed by atoms with Crippen LogP contribution in [0.2, 0.25) is 5.02 Å². The van der Waals surface area contributed by atoms with Gasteiger partial charge in [0.15, 0.2) is 5.82 Å². The zero-order valence-corrected chi connectivity index (χ0v) is 24.7. The predicted molar refractivity (Wildman–Crippen MR) is 148 cm³/mol. The summed E-state index contributed by atoms with van der Waals surface area (Å²) in [6, 6.07) is 1.89. The van der Waals surface area contributed by atoms with Gasteiger partial charge in [0.25, 0.3) is 0 Å². The standard InChI is InChI=1S/C27H33BrClFN4O4/c1-26(2,3)38-25(36)34-11-8-27(9-12-34)18-16-13-17(29)19(28)20(30)21(16)31-23(22(18)33(5)24(27)35)37-14-15-7-6-10-32(15)4/h13,15H,6-12,14H2,1-5H3/t15-/m0/s1. The molecule has 2 fully saturated rings. The lowest BCUT2D eigenvalue weighted by molar-refractivity contribution is -0.124. The summed E-state index contributed by atoms with van der Waals surface area (Å²) in [7, 11) is 3.76. The van der Waals surface area contributed by atoms with Crippen LogP contribution in [0.5, 0.6) is 5.88 Å². The van der Waals surface area contributed by atoms with Crippen LogP contribution in [0.1, 0.15) is 52.0 Å². The fourth-order valence-corrected chi connectivity index (χ4v) is 6.42. The van der Waals surface area contributed by atoms with Crippen molar-refractivity contribution in [2.45, 2.75) is 63.5 Å². The van der Waals surface area contributed by atoms with Crippen molar-refractivity contribution in [1.82, 2.24) is 14.8 Å². The van der Waals surface area contributed by atoms with E-state index in [4.69, 9.17) is 21.1 Å². The van der Waals surface area contributed by atoms with Crippen LogP contribution in [0.3, 0.4) is 0 Å². The molecular formula is C27H33BrClFN4O4. The number of anilines is 1. The van der Waals surface area contributed by atoms with E-state index in [-0.39, 0.29) is 32.8 Å². The number of aromatic nitrogens is 1. The normalized spacial score (nSPS) is 21.5. The maximum Gasteiger partial charge on any atom is 0.410 e. The number of benzene rings is 1. The van der Waals surface area contributed by atoms with Gasteiger partial charge in [0.1, 0.15) is 23.4 Å². The van der Waals surface area contributed by atoms with Gasteiger partial charge in [-0.25, -0.2) is 14.2 Å². The number of piperidine rings is 1. The SMILES string of the molecule is CN1C(=O)C2(CCN(C(=O)OC(C)(C)C)CC2)c2c1c(OC[C@@H]1CCCN1C)nc1c(F)c(Br)c(Cl)cc21. The van der Waals surface area contributed by atoms with Gasteiger partial charge in [-0.1, -0.05) is 11.6 Å². The molecule has 0 saturated carbocycles. The molecule has 2 amide bonds. The number of rotatable bonds is 3. The molecule has 206 valence electrons. The van der Waals surface area contributed by atoms with E-state index in [0.717, 1.165) is 19.4 Å². The highest BCUT2D eigenvalue weighted by Crippen LogP contribution is 2.54. The summed E-state index contributed by atoms with van der Waals surface area (Å²) in [4.78, 5) is 36.7. The van der Waals surface area contributed by atoms with Crippen LogP contribution in [0.4, 0.5) is 14.9 Å². The first-order valence-corrected chi connectivity index (χ1v) is 14.1. The third kappa shape index (κ3) is 4.52. The van der Waals surface area contributed by atoms with E-state index in [1.54, 1.807) is 22.9 Å². The summed E-state index contributed by atoms with van der Waals surface area (Å²) in [5.41, 5.74) is -0.262. The number of nitrogens with zero attached hydrogens (tertiary/aromatic N) is 4. The van der Waals surface area contributed by atoms with Crippen molar-refractivity contribution in [1.29, 1.82) is 0 Å². The van der Waals surface area contributed by atoms with Gasteiger partial charge in [-0.3, -0.25) is 4.79 Å². The molecule has 0 N–H and O–H groups in total. The van der Waals surface area contributed by atoms with Gasteiger partial charge in [-0.05, 0) is 82.0 Å². The molecule has 3 aliphatic heterocycles. The molecule has 1 spiro atoms. The van der Waals surface area contributed by atoms with Crippen LogP contribution in [0.15, 0.2) is 10.5 Å². The van der Waals surface area contributed by atoms with E-state index < -0.39 is 22.9 Å². The average molecular weight is 612 g/mol. The number of likely N-dealkylation sites (N-methyl/N-ethyl adjacent to an activating group) is 2. The van der Waals surface area contributed by atoms with Gasteiger partial charge in [0, 0.05) is 37.1 Å². The number of pyridine rings is 1. The first kappa shape index (κ1) is 27.4. The van der Waals surface area contributed by atoms with Crippen LogP contribution in [0, 0.1) is 5.82 Å². The molecule has 1 aromatic carbocycles. The summed E-state index contributed by atoms with van der Waals surface area (Å²) < 4.78 is 27.5. The van der Waals surface area contributed by atoms with Gasteiger partial charge in [0.2, 0.25) is 11.8 Å². The molecule has 1 aromatic heterocycles. The average Bonchev–Trinajstić information content (AvgIpc) is 3.36. The van der Waals surface area contributed by atoms with Crippen LogP contribution in [-0.4, -0.2) is 78.8 Å². The molecule has 0 unspecified atom stereocenters. The van der Waals surface area contributed by atoms with Crippen molar-refractivity contribution in [3.63, 3.8) is 0 Å². The Kier molecular flexibility index (Phi) is 7.05. The van der Waals surface area contributed by atoms with Crippen molar-refractivity contribution in [3.8, 4) is 5.88 Å². The monoisotopic (exact) mass is 610 g/mol. The molecule has 2 aromatic rings. The summed E-state index contributed by atoms with van der Waals surface area (Å²) in [5, 5.41) is 0.683. The number of ether oxygens (including phenoxy) is 2. The van der Waals surface area contributed by atoms with E-state index in [1.165, 1.54) is 0 Å². The Balaban J connectivity index is 1.59. The fourth-order valence-electron chi connectivity index (χ4n) is 5.93. The quantitative estimate of drug-likeness (QED) is 0.427. The molecule has 0 bridgehead atoms. The first-order valence-electron chi connectivity index (χ1n) is 12.9.